The van der Waals surface area contributed by atoms with E-state index in [4.69, 9.17) is 9.97 Å². The number of nitrogens with zero attached hydrogens (tertiary/aromatic N) is 2. The third-order valence-corrected chi connectivity index (χ3v) is 11.3. The third kappa shape index (κ3) is 5.34. The molecule has 56 heavy (non-hydrogen) atoms. The Morgan fingerprint density at radius 2 is 0.786 bits per heavy atom. The highest BCUT2D eigenvalue weighted by Crippen LogP contribution is 2.49. The molecule has 260 valence electrons. The van der Waals surface area contributed by atoms with Gasteiger partial charge in [-0.25, -0.2) is 9.97 Å². The number of aromatic nitrogens is 2. The number of fused-ring (bicyclic) bond motifs is 4. The summed E-state index contributed by atoms with van der Waals surface area (Å²) in [4.78, 5) is 10.2. The highest BCUT2D eigenvalue weighted by molar-refractivity contribution is 6.18. The summed E-state index contributed by atoms with van der Waals surface area (Å²) in [5.41, 5.74) is 17.4. The van der Waals surface area contributed by atoms with Gasteiger partial charge < -0.3 is 0 Å². The van der Waals surface area contributed by atoms with Crippen molar-refractivity contribution in [2.24, 2.45) is 0 Å². The predicted octanol–water partition coefficient (Wildman–Crippen LogP) is 14.4. The summed E-state index contributed by atoms with van der Waals surface area (Å²) in [6.45, 7) is 0. The van der Waals surface area contributed by atoms with Gasteiger partial charge in [0, 0.05) is 16.7 Å². The summed E-state index contributed by atoms with van der Waals surface area (Å²) < 4.78 is 0. The molecule has 2 heteroatoms. The molecule has 0 N–H and O–H groups in total. The van der Waals surface area contributed by atoms with E-state index in [1.807, 2.05) is 24.3 Å². The smallest absolute Gasteiger partial charge is 0.160 e. The normalized spacial score (nSPS) is 11.6. The van der Waals surface area contributed by atoms with Gasteiger partial charge >= 0.3 is 0 Å². The lowest BCUT2D eigenvalue weighted by atomic mass is 9.88. The lowest BCUT2D eigenvalue weighted by Gasteiger charge is -2.16. The second-order valence-corrected chi connectivity index (χ2v) is 14.5. The van der Waals surface area contributed by atoms with Crippen LogP contribution in [-0.4, -0.2) is 9.97 Å². The van der Waals surface area contributed by atoms with Crippen LogP contribution in [0.4, 0.5) is 0 Å². The van der Waals surface area contributed by atoms with Gasteiger partial charge in [0.05, 0.1) is 11.4 Å². The maximum absolute atomic E-state index is 5.15. The standard InChI is InChI=1S/C54H34N2/c1-3-14-38(15-4-1)50-34-51(56-54(55-50)39-16-5-2-6-17-39)40-18-11-19-41(33-40)52-43-20-8-7-13-35(43)29-30-44(52)37-27-25-36(26-28-37)42-31-32-49-46-22-10-9-21-45(46)48-24-12-23-47(42)53(48)49/h1-34H. The van der Waals surface area contributed by atoms with Gasteiger partial charge in [-0.3, -0.25) is 0 Å². The molecule has 1 aliphatic rings. The Morgan fingerprint density at radius 1 is 0.268 bits per heavy atom. The number of hydrogen-bond acceptors (Lipinski definition) is 2. The zero-order valence-electron chi connectivity index (χ0n) is 30.5. The first-order valence-corrected chi connectivity index (χ1v) is 19.2. The molecule has 0 aliphatic heterocycles. The molecule has 2 nitrogen and oxygen atoms in total. The van der Waals surface area contributed by atoms with Crippen molar-refractivity contribution in [1.29, 1.82) is 0 Å². The highest BCUT2D eigenvalue weighted by atomic mass is 14.9. The Balaban J connectivity index is 1.03. The first-order valence-electron chi connectivity index (χ1n) is 19.2. The van der Waals surface area contributed by atoms with Gasteiger partial charge in [-0.1, -0.05) is 194 Å². The molecule has 9 aromatic carbocycles. The Labute approximate surface area is 326 Å². The van der Waals surface area contributed by atoms with Gasteiger partial charge in [0.25, 0.3) is 0 Å². The molecule has 1 heterocycles. The van der Waals surface area contributed by atoms with Gasteiger partial charge in [0.2, 0.25) is 0 Å². The summed E-state index contributed by atoms with van der Waals surface area (Å²) in [5, 5.41) is 5.07. The Kier molecular flexibility index (Phi) is 7.53. The maximum Gasteiger partial charge on any atom is 0.160 e. The van der Waals surface area contributed by atoms with Crippen molar-refractivity contribution < 1.29 is 0 Å². The van der Waals surface area contributed by atoms with Crippen LogP contribution in [0.1, 0.15) is 0 Å². The van der Waals surface area contributed by atoms with Crippen molar-refractivity contribution >= 4 is 21.5 Å². The maximum atomic E-state index is 5.15. The summed E-state index contributed by atoms with van der Waals surface area (Å²) in [7, 11) is 0. The quantitative estimate of drug-likeness (QED) is 0.172. The Morgan fingerprint density at radius 3 is 1.55 bits per heavy atom. The van der Waals surface area contributed by atoms with E-state index in [1.54, 1.807) is 0 Å². The van der Waals surface area contributed by atoms with E-state index in [0.717, 1.165) is 33.6 Å². The van der Waals surface area contributed by atoms with Crippen LogP contribution in [0.2, 0.25) is 0 Å². The summed E-state index contributed by atoms with van der Waals surface area (Å²) in [5.74, 6) is 0.711. The monoisotopic (exact) mass is 710 g/mol. The fourth-order valence-electron chi connectivity index (χ4n) is 8.61. The lowest BCUT2D eigenvalue weighted by Crippen LogP contribution is -1.96. The van der Waals surface area contributed by atoms with Crippen LogP contribution < -0.4 is 0 Å². The van der Waals surface area contributed by atoms with Crippen molar-refractivity contribution in [1.82, 2.24) is 9.97 Å². The van der Waals surface area contributed by atoms with Crippen molar-refractivity contribution in [3.05, 3.63) is 206 Å². The molecule has 0 saturated carbocycles. The predicted molar refractivity (Wildman–Crippen MR) is 234 cm³/mol. The minimum Gasteiger partial charge on any atom is -0.228 e. The van der Waals surface area contributed by atoms with E-state index < -0.39 is 0 Å². The van der Waals surface area contributed by atoms with Gasteiger partial charge in [0.1, 0.15) is 0 Å². The molecule has 0 spiro atoms. The van der Waals surface area contributed by atoms with Crippen LogP contribution in [0.5, 0.6) is 0 Å². The molecular weight excluding hydrogens is 677 g/mol. The van der Waals surface area contributed by atoms with Gasteiger partial charge in [0.15, 0.2) is 5.82 Å². The Hall–Kier alpha value is -7.42. The van der Waals surface area contributed by atoms with Crippen molar-refractivity contribution in [3.8, 4) is 89.5 Å². The average Bonchev–Trinajstić information content (AvgIpc) is 3.61. The highest BCUT2D eigenvalue weighted by Gasteiger charge is 2.22. The number of rotatable bonds is 6. The third-order valence-electron chi connectivity index (χ3n) is 11.3. The molecule has 1 aliphatic carbocycles. The Bertz CT molecular complexity index is 3020. The van der Waals surface area contributed by atoms with Crippen LogP contribution in [0.15, 0.2) is 206 Å². The zero-order valence-corrected chi connectivity index (χ0v) is 30.5. The molecule has 10 aromatic rings. The molecule has 11 rings (SSSR count). The van der Waals surface area contributed by atoms with Crippen LogP contribution >= 0.6 is 0 Å². The molecule has 0 radical (unpaired) electrons. The zero-order chi connectivity index (χ0) is 37.0. The number of benzene rings is 9. The molecule has 1 aromatic heterocycles. The minimum atomic E-state index is 0.711. The van der Waals surface area contributed by atoms with E-state index in [0.29, 0.717) is 5.82 Å². The topological polar surface area (TPSA) is 25.8 Å². The minimum absolute atomic E-state index is 0.711. The largest absolute Gasteiger partial charge is 0.228 e. The first kappa shape index (κ1) is 32.0. The van der Waals surface area contributed by atoms with E-state index >= 15 is 0 Å². The van der Waals surface area contributed by atoms with Gasteiger partial charge in [-0.15, -0.1) is 0 Å². The number of hydrogen-bond donors (Lipinski definition) is 0. The van der Waals surface area contributed by atoms with Crippen molar-refractivity contribution in [2.75, 3.05) is 0 Å². The van der Waals surface area contributed by atoms with E-state index in [1.165, 1.54) is 71.6 Å². The SMILES string of the molecule is c1ccc(-c2cc(-c3cccc(-c4c(-c5ccc(-c6ccc7c8c(cccc68)-c6ccccc6-7)cc5)ccc5ccccc45)c3)nc(-c3ccccc3)n2)cc1. The molecule has 0 unspecified atom stereocenters. The van der Waals surface area contributed by atoms with E-state index in [-0.39, 0.29) is 0 Å². The molecule has 0 atom stereocenters. The van der Waals surface area contributed by atoms with Crippen LogP contribution in [0, 0.1) is 0 Å². The van der Waals surface area contributed by atoms with Crippen molar-refractivity contribution in [2.45, 2.75) is 0 Å². The van der Waals surface area contributed by atoms with E-state index in [9.17, 15) is 0 Å². The van der Waals surface area contributed by atoms with Crippen LogP contribution in [0.25, 0.3) is 111 Å². The van der Waals surface area contributed by atoms with Gasteiger partial charge in [-0.2, -0.15) is 0 Å². The first-order chi connectivity index (χ1) is 27.8. The van der Waals surface area contributed by atoms with E-state index in [2.05, 4.69) is 182 Å². The summed E-state index contributed by atoms with van der Waals surface area (Å²) in [6, 6.07) is 74.0. The van der Waals surface area contributed by atoms with Crippen LogP contribution in [0.3, 0.4) is 0 Å². The van der Waals surface area contributed by atoms with Crippen LogP contribution in [-0.2, 0) is 0 Å². The molecule has 0 amide bonds. The summed E-state index contributed by atoms with van der Waals surface area (Å²) in [6.07, 6.45) is 0. The molecule has 0 bridgehead atoms. The van der Waals surface area contributed by atoms with Gasteiger partial charge in [-0.05, 0) is 89.3 Å². The second kappa shape index (κ2) is 13.2. The second-order valence-electron chi connectivity index (χ2n) is 14.5. The molecule has 0 fully saturated rings. The summed E-state index contributed by atoms with van der Waals surface area (Å²) >= 11 is 0. The average molecular weight is 711 g/mol. The fraction of sp³-hybridized carbons (Fsp3) is 0. The molecular formula is C54H34N2. The molecule has 0 saturated heterocycles. The van der Waals surface area contributed by atoms with Crippen molar-refractivity contribution in [3.63, 3.8) is 0 Å². The lowest BCUT2D eigenvalue weighted by molar-refractivity contribution is 1.18. The fourth-order valence-corrected chi connectivity index (χ4v) is 8.61.